The number of halogens is 1. The van der Waals surface area contributed by atoms with Crippen molar-refractivity contribution in [1.82, 2.24) is 10.0 Å². The summed E-state index contributed by atoms with van der Waals surface area (Å²) in [5.74, 6) is 0.303. The topological polar surface area (TPSA) is 58.2 Å². The van der Waals surface area contributed by atoms with Crippen LogP contribution >= 0.6 is 12.4 Å². The molecule has 2 rings (SSSR count). The van der Waals surface area contributed by atoms with E-state index < -0.39 is 10.0 Å². The van der Waals surface area contributed by atoms with Crippen LogP contribution in [-0.2, 0) is 10.0 Å². The van der Waals surface area contributed by atoms with Gasteiger partial charge in [-0.1, -0.05) is 6.92 Å². The molecule has 1 heterocycles. The summed E-state index contributed by atoms with van der Waals surface area (Å²) in [5, 5.41) is 3.30. The molecule has 1 aromatic rings. The Labute approximate surface area is 146 Å². The molecule has 0 amide bonds. The molecule has 0 bridgehead atoms. The second-order valence-electron chi connectivity index (χ2n) is 6.65. The second kappa shape index (κ2) is 7.51. The quantitative estimate of drug-likeness (QED) is 0.871. The first-order valence-electron chi connectivity index (χ1n) is 7.96. The Morgan fingerprint density at radius 1 is 0.957 bits per heavy atom. The molecular formula is C17H29ClN2O2S. The first kappa shape index (κ1) is 20.4. The molecule has 6 heteroatoms. The lowest BCUT2D eigenvalue weighted by molar-refractivity contribution is 0.328. The van der Waals surface area contributed by atoms with Crippen LogP contribution < -0.4 is 10.0 Å². The SMILES string of the molecule is Cc1c(C)c(C)c(S(=O)(=O)NC2CCNCC2C)c(C)c1C.Cl. The van der Waals surface area contributed by atoms with E-state index in [2.05, 4.69) is 23.9 Å². The Balaban J connectivity index is 0.00000264. The summed E-state index contributed by atoms with van der Waals surface area (Å²) in [7, 11) is -3.49. The minimum Gasteiger partial charge on any atom is -0.316 e. The number of rotatable bonds is 3. The van der Waals surface area contributed by atoms with Gasteiger partial charge >= 0.3 is 0 Å². The molecule has 0 saturated carbocycles. The highest BCUT2D eigenvalue weighted by molar-refractivity contribution is 7.89. The van der Waals surface area contributed by atoms with Gasteiger partial charge in [-0.2, -0.15) is 0 Å². The first-order chi connectivity index (χ1) is 10.2. The first-order valence-corrected chi connectivity index (χ1v) is 9.45. The summed E-state index contributed by atoms with van der Waals surface area (Å²) >= 11 is 0. The Hall–Kier alpha value is -0.620. The summed E-state index contributed by atoms with van der Waals surface area (Å²) in [6, 6.07) is 0.00645. The van der Waals surface area contributed by atoms with Crippen molar-refractivity contribution in [2.24, 2.45) is 5.92 Å². The molecule has 1 aliphatic rings. The molecule has 1 aliphatic heterocycles. The van der Waals surface area contributed by atoms with Crippen molar-refractivity contribution < 1.29 is 8.42 Å². The van der Waals surface area contributed by atoms with Crippen molar-refractivity contribution >= 4 is 22.4 Å². The highest BCUT2D eigenvalue weighted by Crippen LogP contribution is 2.30. The van der Waals surface area contributed by atoms with E-state index in [1.807, 2.05) is 27.7 Å². The highest BCUT2D eigenvalue weighted by Gasteiger charge is 2.29. The van der Waals surface area contributed by atoms with Gasteiger partial charge in [0.25, 0.3) is 0 Å². The zero-order chi connectivity index (χ0) is 16.7. The number of sulfonamides is 1. The summed E-state index contributed by atoms with van der Waals surface area (Å²) in [5.41, 5.74) is 5.07. The lowest BCUT2D eigenvalue weighted by Gasteiger charge is -2.30. The largest absolute Gasteiger partial charge is 0.316 e. The zero-order valence-electron chi connectivity index (χ0n) is 14.9. The summed E-state index contributed by atoms with van der Waals surface area (Å²) < 4.78 is 28.9. The van der Waals surface area contributed by atoms with E-state index in [0.29, 0.717) is 10.8 Å². The van der Waals surface area contributed by atoms with Gasteiger partial charge in [-0.25, -0.2) is 13.1 Å². The van der Waals surface area contributed by atoms with Gasteiger partial charge in [0, 0.05) is 6.04 Å². The summed E-state index contributed by atoms with van der Waals surface area (Å²) in [6.07, 6.45) is 0.836. The minimum absolute atomic E-state index is 0. The van der Waals surface area contributed by atoms with Gasteiger partial charge in [-0.15, -0.1) is 12.4 Å². The maximum atomic E-state index is 13.0. The van der Waals surface area contributed by atoms with Crippen molar-refractivity contribution in [3.63, 3.8) is 0 Å². The Bertz CT molecular complexity index is 657. The van der Waals surface area contributed by atoms with Gasteiger partial charge in [-0.3, -0.25) is 0 Å². The fourth-order valence-electron chi connectivity index (χ4n) is 3.32. The van der Waals surface area contributed by atoms with Crippen molar-refractivity contribution in [2.75, 3.05) is 13.1 Å². The molecule has 4 nitrogen and oxygen atoms in total. The van der Waals surface area contributed by atoms with Gasteiger partial charge in [-0.05, 0) is 87.9 Å². The smallest absolute Gasteiger partial charge is 0.241 e. The number of hydrogen-bond acceptors (Lipinski definition) is 3. The predicted octanol–water partition coefficient (Wildman–Crippen LogP) is 2.93. The lowest BCUT2D eigenvalue weighted by atomic mass is 9.95. The fourth-order valence-corrected chi connectivity index (χ4v) is 5.30. The maximum Gasteiger partial charge on any atom is 0.241 e. The van der Waals surface area contributed by atoms with E-state index in [9.17, 15) is 8.42 Å². The Kier molecular flexibility index (Phi) is 6.67. The van der Waals surface area contributed by atoms with Gasteiger partial charge in [0.2, 0.25) is 10.0 Å². The van der Waals surface area contributed by atoms with Crippen LogP contribution in [0.3, 0.4) is 0 Å². The Morgan fingerprint density at radius 2 is 1.43 bits per heavy atom. The van der Waals surface area contributed by atoms with Crippen LogP contribution in [0, 0.1) is 40.5 Å². The summed E-state index contributed by atoms with van der Waals surface area (Å²) in [6.45, 7) is 13.7. The zero-order valence-corrected chi connectivity index (χ0v) is 16.5. The molecule has 1 aromatic carbocycles. The van der Waals surface area contributed by atoms with Crippen LogP contribution in [0.5, 0.6) is 0 Å². The van der Waals surface area contributed by atoms with E-state index >= 15 is 0 Å². The number of benzene rings is 1. The maximum absolute atomic E-state index is 13.0. The standard InChI is InChI=1S/C17H28N2O2S.ClH/c1-10-9-18-8-7-16(10)19-22(20,21)17-14(5)12(3)11(2)13(4)15(17)6;/h10,16,18-19H,7-9H2,1-6H3;1H. The molecule has 0 aromatic heterocycles. The van der Waals surface area contributed by atoms with Gasteiger partial charge in [0.05, 0.1) is 4.90 Å². The van der Waals surface area contributed by atoms with Crippen LogP contribution in [0.15, 0.2) is 4.90 Å². The van der Waals surface area contributed by atoms with Crippen LogP contribution in [0.25, 0.3) is 0 Å². The molecule has 2 unspecified atom stereocenters. The van der Waals surface area contributed by atoms with Gasteiger partial charge in [0.15, 0.2) is 0 Å². The molecule has 0 spiro atoms. The number of nitrogens with one attached hydrogen (secondary N) is 2. The molecule has 2 N–H and O–H groups in total. The van der Waals surface area contributed by atoms with Gasteiger partial charge < -0.3 is 5.32 Å². The van der Waals surface area contributed by atoms with Gasteiger partial charge in [0.1, 0.15) is 0 Å². The normalized spacial score (nSPS) is 21.8. The third-order valence-corrected chi connectivity index (χ3v) is 7.05. The molecule has 0 aliphatic carbocycles. The van der Waals surface area contributed by atoms with Crippen LogP contribution in [0.2, 0.25) is 0 Å². The van der Waals surface area contributed by atoms with Crippen LogP contribution in [0.4, 0.5) is 0 Å². The van der Waals surface area contributed by atoms with E-state index in [1.165, 1.54) is 5.56 Å². The van der Waals surface area contributed by atoms with Crippen molar-refractivity contribution in [2.45, 2.75) is 58.9 Å². The molecular weight excluding hydrogens is 332 g/mol. The monoisotopic (exact) mass is 360 g/mol. The molecule has 0 radical (unpaired) electrons. The molecule has 23 heavy (non-hydrogen) atoms. The molecule has 132 valence electrons. The van der Waals surface area contributed by atoms with Crippen molar-refractivity contribution in [1.29, 1.82) is 0 Å². The van der Waals surface area contributed by atoms with E-state index in [4.69, 9.17) is 0 Å². The Morgan fingerprint density at radius 3 is 1.91 bits per heavy atom. The molecule has 1 saturated heterocycles. The number of piperidine rings is 1. The van der Waals surface area contributed by atoms with Crippen molar-refractivity contribution in [3.8, 4) is 0 Å². The summed E-state index contributed by atoms with van der Waals surface area (Å²) in [4.78, 5) is 0.471. The predicted molar refractivity (Wildman–Crippen MR) is 98.1 cm³/mol. The average molecular weight is 361 g/mol. The van der Waals surface area contributed by atoms with Crippen LogP contribution in [0.1, 0.15) is 41.2 Å². The lowest BCUT2D eigenvalue weighted by Crippen LogP contribution is -2.48. The van der Waals surface area contributed by atoms with Crippen molar-refractivity contribution in [3.05, 3.63) is 27.8 Å². The average Bonchev–Trinajstić information content (AvgIpc) is 2.45. The second-order valence-corrected chi connectivity index (χ2v) is 8.30. The molecule has 2 atom stereocenters. The van der Waals surface area contributed by atoms with Crippen LogP contribution in [-0.4, -0.2) is 27.5 Å². The van der Waals surface area contributed by atoms with E-state index in [1.54, 1.807) is 0 Å². The third-order valence-electron chi connectivity index (χ3n) is 5.29. The van der Waals surface area contributed by atoms with E-state index in [0.717, 1.165) is 41.8 Å². The minimum atomic E-state index is -3.49. The number of hydrogen-bond donors (Lipinski definition) is 2. The van der Waals surface area contributed by atoms with E-state index in [-0.39, 0.29) is 18.4 Å². The highest BCUT2D eigenvalue weighted by atomic mass is 35.5. The molecule has 1 fully saturated rings. The fraction of sp³-hybridized carbons (Fsp3) is 0.647. The third kappa shape index (κ3) is 3.90.